The minimum absolute atomic E-state index is 0.0285. The maximum atomic E-state index is 6.00. The number of ether oxygens (including phenoxy) is 1. The number of rotatable bonds is 0. The van der Waals surface area contributed by atoms with Crippen molar-refractivity contribution in [2.75, 3.05) is 0 Å². The summed E-state index contributed by atoms with van der Waals surface area (Å²) in [6, 6.07) is 0. The number of epoxide rings is 1. The number of alkyl halides is 2. The molecule has 1 aliphatic heterocycles. The molecule has 0 aromatic heterocycles. The lowest BCUT2D eigenvalue weighted by Gasteiger charge is -1.77. The standard InChI is InChI=1S/C3H4Cl2O.N2/c1-2-3(4,5)6-2;1-2/h2H,1H3;. The van der Waals surface area contributed by atoms with Gasteiger partial charge in [-0.05, 0) is 6.92 Å². The topological polar surface area (TPSA) is 60.1 Å². The lowest BCUT2D eigenvalue weighted by Crippen LogP contribution is -1.87. The van der Waals surface area contributed by atoms with Crippen LogP contribution in [-0.2, 0) is 4.74 Å². The zero-order chi connectivity index (χ0) is 6.78. The molecule has 1 aliphatic rings. The van der Waals surface area contributed by atoms with Crippen LogP contribution in [0.1, 0.15) is 6.92 Å². The highest BCUT2D eigenvalue weighted by Gasteiger charge is 2.50. The highest BCUT2D eigenvalue weighted by atomic mass is 35.5. The monoisotopic (exact) mass is 154 g/mol. The van der Waals surface area contributed by atoms with Crippen LogP contribution in [0.15, 0.2) is 0 Å². The molecule has 3 nitrogen and oxygen atoms in total. The van der Waals surface area contributed by atoms with Crippen molar-refractivity contribution >= 4 is 23.2 Å². The van der Waals surface area contributed by atoms with E-state index in [0.29, 0.717) is 0 Å². The predicted octanol–water partition coefficient (Wildman–Crippen LogP) is 1.57. The Bertz CT molecular complexity index is 103. The number of halogens is 2. The zero-order valence-corrected chi connectivity index (χ0v) is 5.65. The summed E-state index contributed by atoms with van der Waals surface area (Å²) in [6.45, 7) is 1.82. The first-order valence-corrected chi connectivity index (χ1v) is 2.64. The summed E-state index contributed by atoms with van der Waals surface area (Å²) in [5, 5.41) is 12.0. The molecule has 1 saturated heterocycles. The summed E-state index contributed by atoms with van der Waals surface area (Å²) >= 11 is 10.7. The van der Waals surface area contributed by atoms with Crippen molar-refractivity contribution in [3.63, 3.8) is 0 Å². The molecule has 0 aliphatic carbocycles. The minimum atomic E-state index is -0.847. The Labute approximate surface area is 56.9 Å². The average molecular weight is 155 g/mol. The normalized spacial score (nSPS) is 29.9. The van der Waals surface area contributed by atoms with Crippen LogP contribution >= 0.6 is 23.2 Å². The highest BCUT2D eigenvalue weighted by molar-refractivity contribution is 6.49. The molecule has 1 heterocycles. The maximum absolute atomic E-state index is 6.00. The quantitative estimate of drug-likeness (QED) is 0.303. The van der Waals surface area contributed by atoms with Crippen molar-refractivity contribution in [1.29, 1.82) is 10.8 Å². The Morgan fingerprint density at radius 3 is 1.62 bits per heavy atom. The average Bonchev–Trinajstić information content (AvgIpc) is 2.19. The zero-order valence-electron chi connectivity index (χ0n) is 4.14. The van der Waals surface area contributed by atoms with Gasteiger partial charge in [0.2, 0.25) is 4.52 Å². The van der Waals surface area contributed by atoms with E-state index in [4.69, 9.17) is 34.0 Å². The van der Waals surface area contributed by atoms with Gasteiger partial charge in [0.15, 0.2) is 0 Å². The molecule has 0 N–H and O–H groups in total. The van der Waals surface area contributed by atoms with E-state index in [-0.39, 0.29) is 6.10 Å². The van der Waals surface area contributed by atoms with Crippen LogP contribution in [0, 0.1) is 10.8 Å². The second kappa shape index (κ2) is 2.49. The summed E-state index contributed by atoms with van der Waals surface area (Å²) in [7, 11) is 0. The molecule has 0 amide bonds. The van der Waals surface area contributed by atoms with E-state index < -0.39 is 4.52 Å². The Hall–Kier alpha value is -0.0400. The van der Waals surface area contributed by atoms with Crippen LogP contribution in [0.5, 0.6) is 0 Å². The van der Waals surface area contributed by atoms with Crippen molar-refractivity contribution in [3.8, 4) is 0 Å². The molecule has 0 radical (unpaired) electrons. The summed E-state index contributed by atoms with van der Waals surface area (Å²) < 4.78 is 3.79. The van der Waals surface area contributed by atoms with Crippen LogP contribution in [0.4, 0.5) is 0 Å². The summed E-state index contributed by atoms with van der Waals surface area (Å²) in [5.41, 5.74) is 0. The van der Waals surface area contributed by atoms with E-state index in [9.17, 15) is 0 Å². The molecular weight excluding hydrogens is 151 g/mol. The highest BCUT2D eigenvalue weighted by Crippen LogP contribution is 2.43. The van der Waals surface area contributed by atoms with E-state index in [2.05, 4.69) is 4.74 Å². The molecular formula is C3H4Cl2N2O. The minimum Gasteiger partial charge on any atom is -0.336 e. The van der Waals surface area contributed by atoms with Crippen molar-refractivity contribution in [1.82, 2.24) is 0 Å². The fraction of sp³-hybridized carbons (Fsp3) is 1.00. The van der Waals surface area contributed by atoms with Crippen molar-refractivity contribution in [3.05, 3.63) is 0 Å². The van der Waals surface area contributed by atoms with Gasteiger partial charge in [-0.1, -0.05) is 23.2 Å². The van der Waals surface area contributed by atoms with Gasteiger partial charge in [-0.25, -0.2) is 0 Å². The second-order valence-electron chi connectivity index (χ2n) is 1.32. The first-order valence-electron chi connectivity index (χ1n) is 1.88. The van der Waals surface area contributed by atoms with Crippen LogP contribution in [0.3, 0.4) is 0 Å². The molecule has 46 valence electrons. The number of hydrogen-bond donors (Lipinski definition) is 0. The van der Waals surface area contributed by atoms with Crippen LogP contribution in [0.2, 0.25) is 0 Å². The Balaban J connectivity index is 0.000000222. The molecule has 0 aromatic rings. The van der Waals surface area contributed by atoms with Gasteiger partial charge < -0.3 is 4.74 Å². The first kappa shape index (κ1) is 7.96. The molecule has 0 bridgehead atoms. The fourth-order valence-corrected chi connectivity index (χ4v) is 0.469. The fourth-order valence-electron chi connectivity index (χ4n) is 0.202. The maximum Gasteiger partial charge on any atom is 0.244 e. The molecule has 8 heavy (non-hydrogen) atoms. The van der Waals surface area contributed by atoms with Crippen LogP contribution in [0.25, 0.3) is 0 Å². The number of nitrogens with zero attached hydrogens (tertiary/aromatic N) is 2. The predicted molar refractivity (Wildman–Crippen MR) is 28.4 cm³/mol. The van der Waals surface area contributed by atoms with Crippen molar-refractivity contribution < 1.29 is 4.74 Å². The molecule has 0 spiro atoms. The smallest absolute Gasteiger partial charge is 0.244 e. The molecule has 1 rings (SSSR count). The van der Waals surface area contributed by atoms with Gasteiger partial charge in [-0.3, -0.25) is 0 Å². The second-order valence-corrected chi connectivity index (χ2v) is 2.64. The van der Waals surface area contributed by atoms with Crippen molar-refractivity contribution in [2.45, 2.75) is 17.5 Å². The van der Waals surface area contributed by atoms with E-state index in [1.807, 2.05) is 6.92 Å². The molecule has 1 atom stereocenters. The Kier molecular flexibility index (Phi) is 2.48. The third-order valence-electron chi connectivity index (χ3n) is 0.750. The van der Waals surface area contributed by atoms with E-state index in [0.717, 1.165) is 0 Å². The van der Waals surface area contributed by atoms with E-state index in [1.165, 1.54) is 0 Å². The first-order chi connectivity index (χ1) is 3.63. The molecule has 5 heteroatoms. The molecule has 1 unspecified atom stereocenters. The molecule has 0 aromatic carbocycles. The van der Waals surface area contributed by atoms with Gasteiger partial charge in [0.05, 0.1) is 0 Å². The van der Waals surface area contributed by atoms with E-state index in [1.54, 1.807) is 0 Å². The van der Waals surface area contributed by atoms with Gasteiger partial charge in [-0.2, -0.15) is 0 Å². The summed E-state index contributed by atoms with van der Waals surface area (Å²) in [5.74, 6) is 0. The molecule has 1 fully saturated rings. The van der Waals surface area contributed by atoms with Gasteiger partial charge in [0.1, 0.15) is 6.10 Å². The van der Waals surface area contributed by atoms with E-state index >= 15 is 0 Å². The Morgan fingerprint density at radius 2 is 1.62 bits per heavy atom. The Morgan fingerprint density at radius 1 is 1.50 bits per heavy atom. The largest absolute Gasteiger partial charge is 0.336 e. The van der Waals surface area contributed by atoms with Gasteiger partial charge in [0, 0.05) is 10.8 Å². The van der Waals surface area contributed by atoms with Gasteiger partial charge in [0.25, 0.3) is 0 Å². The van der Waals surface area contributed by atoms with Crippen LogP contribution in [-0.4, -0.2) is 10.6 Å². The van der Waals surface area contributed by atoms with Crippen molar-refractivity contribution in [2.24, 2.45) is 0 Å². The summed E-state index contributed by atoms with van der Waals surface area (Å²) in [6.07, 6.45) is 0.0285. The van der Waals surface area contributed by atoms with Gasteiger partial charge >= 0.3 is 0 Å². The third kappa shape index (κ3) is 1.83. The molecule has 0 saturated carbocycles. The SMILES string of the molecule is CC1OC1(Cl)Cl.N#N. The van der Waals surface area contributed by atoms with Crippen LogP contribution < -0.4 is 0 Å². The van der Waals surface area contributed by atoms with Gasteiger partial charge in [-0.15, -0.1) is 0 Å². The number of hydrogen-bond acceptors (Lipinski definition) is 3. The lowest BCUT2D eigenvalue weighted by atomic mass is 10.6. The lowest BCUT2D eigenvalue weighted by molar-refractivity contribution is 0.398. The third-order valence-corrected chi connectivity index (χ3v) is 1.54. The summed E-state index contributed by atoms with van der Waals surface area (Å²) in [4.78, 5) is 0.